The molecule has 0 aliphatic heterocycles. The summed E-state index contributed by atoms with van der Waals surface area (Å²) in [5.41, 5.74) is 0.569. The van der Waals surface area contributed by atoms with Crippen LogP contribution in [0.4, 0.5) is 10.1 Å². The van der Waals surface area contributed by atoms with Gasteiger partial charge in [-0.1, -0.05) is 43.6 Å². The summed E-state index contributed by atoms with van der Waals surface area (Å²) in [7, 11) is 6.75. The van der Waals surface area contributed by atoms with Crippen LogP contribution in [-0.2, 0) is 19.1 Å². The number of allylic oxidation sites excluding steroid dienone is 3. The van der Waals surface area contributed by atoms with Crippen molar-refractivity contribution in [2.75, 3.05) is 46.7 Å². The van der Waals surface area contributed by atoms with Gasteiger partial charge >= 0.3 is 0 Å². The third-order valence-electron chi connectivity index (χ3n) is 5.79. The molecule has 11 heteroatoms. The number of para-hydroxylation sites is 1. The molecule has 0 bridgehead atoms. The van der Waals surface area contributed by atoms with Crippen molar-refractivity contribution in [2.24, 2.45) is 11.3 Å². The largest absolute Gasteiger partial charge is 0.500 e. The van der Waals surface area contributed by atoms with Gasteiger partial charge < -0.3 is 30.9 Å². The minimum Gasteiger partial charge on any atom is -0.500 e. The first-order chi connectivity index (χ1) is 17.9. The predicted molar refractivity (Wildman–Crippen MR) is 146 cm³/mol. The van der Waals surface area contributed by atoms with Gasteiger partial charge in [0.05, 0.1) is 17.8 Å². The summed E-state index contributed by atoms with van der Waals surface area (Å²) in [5.74, 6) is -2.45. The summed E-state index contributed by atoms with van der Waals surface area (Å²) < 4.78 is 18.9. The van der Waals surface area contributed by atoms with Gasteiger partial charge in [0.15, 0.2) is 0 Å². The summed E-state index contributed by atoms with van der Waals surface area (Å²) in [4.78, 5) is 40.9. The van der Waals surface area contributed by atoms with Crippen LogP contribution in [-0.4, -0.2) is 64.0 Å². The second-order valence-electron chi connectivity index (χ2n) is 10.0. The van der Waals surface area contributed by atoms with Crippen LogP contribution >= 0.6 is 11.6 Å². The third-order valence-corrected chi connectivity index (χ3v) is 6.12. The van der Waals surface area contributed by atoms with Gasteiger partial charge in [-0.05, 0) is 31.6 Å². The zero-order chi connectivity index (χ0) is 28.5. The third kappa shape index (κ3) is 9.18. The van der Waals surface area contributed by atoms with Crippen LogP contribution in [0.1, 0.15) is 26.7 Å². The molecular formula is C27H37ClFN5O4. The molecule has 1 atom stereocenters. The molecule has 1 unspecified atom stereocenters. The number of nitrogens with one attached hydrogen (secondary N) is 4. The Morgan fingerprint density at radius 1 is 1.18 bits per heavy atom. The molecule has 0 heterocycles. The lowest BCUT2D eigenvalue weighted by molar-refractivity contribution is -0.127. The lowest BCUT2D eigenvalue weighted by atomic mass is 9.88. The molecule has 38 heavy (non-hydrogen) atoms. The molecule has 0 aromatic heterocycles. The van der Waals surface area contributed by atoms with E-state index in [4.69, 9.17) is 16.3 Å². The molecule has 2 rings (SSSR count). The number of carbonyl (C=O) groups excluding carboxylic acids is 3. The number of halogens is 2. The van der Waals surface area contributed by atoms with Crippen LogP contribution < -0.4 is 21.3 Å². The molecule has 9 nitrogen and oxygen atoms in total. The van der Waals surface area contributed by atoms with Crippen molar-refractivity contribution in [1.29, 1.82) is 0 Å². The Morgan fingerprint density at radius 3 is 2.42 bits per heavy atom. The molecule has 0 saturated heterocycles. The number of amides is 3. The first-order valence-electron chi connectivity index (χ1n) is 12.2. The zero-order valence-corrected chi connectivity index (χ0v) is 23.5. The highest BCUT2D eigenvalue weighted by Gasteiger charge is 2.32. The molecule has 3 amide bonds. The molecule has 1 aliphatic carbocycles. The van der Waals surface area contributed by atoms with Crippen molar-refractivity contribution in [3.63, 3.8) is 0 Å². The number of rotatable bonds is 12. The van der Waals surface area contributed by atoms with Gasteiger partial charge in [0, 0.05) is 44.7 Å². The second-order valence-corrected chi connectivity index (χ2v) is 10.5. The molecule has 1 aromatic carbocycles. The zero-order valence-electron chi connectivity index (χ0n) is 22.7. The molecule has 4 N–H and O–H groups in total. The van der Waals surface area contributed by atoms with E-state index >= 15 is 0 Å². The first kappa shape index (κ1) is 30.9. The van der Waals surface area contributed by atoms with Gasteiger partial charge in [-0.3, -0.25) is 14.4 Å². The molecule has 1 aliphatic rings. The number of likely N-dealkylation sites (N-methyl/N-ethyl adjacent to an activating group) is 2. The predicted octanol–water partition coefficient (Wildman–Crippen LogP) is 3.24. The van der Waals surface area contributed by atoms with E-state index in [0.717, 1.165) is 6.08 Å². The van der Waals surface area contributed by atoms with Gasteiger partial charge in [-0.25, -0.2) is 4.39 Å². The average molecular weight is 550 g/mol. The second kappa shape index (κ2) is 14.0. The summed E-state index contributed by atoms with van der Waals surface area (Å²) in [6.07, 6.45) is 1.11. The molecule has 1 aromatic rings. The topological polar surface area (TPSA) is 112 Å². The lowest BCUT2D eigenvalue weighted by Crippen LogP contribution is -2.42. The van der Waals surface area contributed by atoms with Crippen LogP contribution in [0.5, 0.6) is 0 Å². The van der Waals surface area contributed by atoms with E-state index in [-0.39, 0.29) is 41.8 Å². The van der Waals surface area contributed by atoms with Crippen molar-refractivity contribution in [3.05, 3.63) is 64.4 Å². The summed E-state index contributed by atoms with van der Waals surface area (Å²) in [6.45, 7) is 4.18. The highest BCUT2D eigenvalue weighted by molar-refractivity contribution is 6.30. The Hall–Kier alpha value is -3.37. The first-order valence-corrected chi connectivity index (χ1v) is 12.5. The van der Waals surface area contributed by atoms with Crippen molar-refractivity contribution >= 4 is 35.0 Å². The monoisotopic (exact) mass is 549 g/mol. The van der Waals surface area contributed by atoms with Crippen LogP contribution in [0, 0.1) is 11.3 Å². The molecule has 0 fully saturated rings. The van der Waals surface area contributed by atoms with Crippen molar-refractivity contribution in [1.82, 2.24) is 20.9 Å². The highest BCUT2D eigenvalue weighted by Crippen LogP contribution is 2.33. The number of hydrogen-bond acceptors (Lipinski definition) is 6. The maximum Gasteiger partial charge on any atom is 0.274 e. The van der Waals surface area contributed by atoms with Crippen LogP contribution in [0.2, 0.25) is 0 Å². The fourth-order valence-electron chi connectivity index (χ4n) is 3.82. The summed E-state index contributed by atoms with van der Waals surface area (Å²) in [5, 5.41) is 11.3. The fourth-order valence-corrected chi connectivity index (χ4v) is 4.03. The number of nitrogens with zero attached hydrogens (tertiary/aromatic N) is 1. The maximum atomic E-state index is 13.8. The highest BCUT2D eigenvalue weighted by atomic mass is 35.5. The van der Waals surface area contributed by atoms with Crippen LogP contribution in [0.25, 0.3) is 0 Å². The van der Waals surface area contributed by atoms with Crippen molar-refractivity contribution in [2.45, 2.75) is 26.7 Å². The quantitative estimate of drug-likeness (QED) is 0.298. The van der Waals surface area contributed by atoms with E-state index in [2.05, 4.69) is 21.3 Å². The van der Waals surface area contributed by atoms with E-state index in [0.29, 0.717) is 17.9 Å². The van der Waals surface area contributed by atoms with E-state index in [1.807, 2.05) is 38.9 Å². The number of methoxy groups -OCH3 is 1. The molecular weight excluding hydrogens is 513 g/mol. The lowest BCUT2D eigenvalue weighted by Gasteiger charge is -2.27. The number of anilines is 1. The Kier molecular flexibility index (Phi) is 11.3. The van der Waals surface area contributed by atoms with E-state index < -0.39 is 29.0 Å². The van der Waals surface area contributed by atoms with Crippen LogP contribution in [0.15, 0.2) is 64.4 Å². The van der Waals surface area contributed by atoms with E-state index in [1.165, 1.54) is 7.11 Å². The van der Waals surface area contributed by atoms with Gasteiger partial charge in [0.2, 0.25) is 11.8 Å². The Labute approximate surface area is 228 Å². The smallest absolute Gasteiger partial charge is 0.274 e. The Bertz CT molecular complexity index is 1120. The standard InChI is InChI=1S/C27H37ClFN5O4/c1-27(2,16-31-25(36)18-12-19(28)20(29)13-22(18)38-6)14-23(35)33-24(21(30-3)15-34(4)5)26(37)32-17-10-8-7-9-11-17/h7-11,13,18,30H,12,14-16H2,1-6H3,(H,31,36)(H,32,37)(H,33,35)/b24-21+. The maximum absolute atomic E-state index is 13.8. The molecule has 0 saturated carbocycles. The van der Waals surface area contributed by atoms with Crippen LogP contribution in [0.3, 0.4) is 0 Å². The number of benzene rings is 1. The minimum atomic E-state index is -0.767. The Balaban J connectivity index is 2.09. The van der Waals surface area contributed by atoms with Gasteiger partial charge in [0.1, 0.15) is 23.2 Å². The number of carbonyl (C=O) groups is 3. The average Bonchev–Trinajstić information content (AvgIpc) is 2.86. The SMILES string of the molecule is CN/C(CN(C)C)=C(/NC(=O)CC(C)(C)CNC(=O)C1CC(Cl)=C(F)C=C1OC)C(=O)Nc1ccccc1. The molecule has 208 valence electrons. The summed E-state index contributed by atoms with van der Waals surface area (Å²) >= 11 is 5.91. The number of ether oxygens (including phenoxy) is 1. The number of hydrogen-bond donors (Lipinski definition) is 4. The van der Waals surface area contributed by atoms with Gasteiger partial charge in [-0.15, -0.1) is 0 Å². The summed E-state index contributed by atoms with van der Waals surface area (Å²) in [6, 6.07) is 8.94. The fraction of sp³-hybridized carbons (Fsp3) is 0.444. The van der Waals surface area contributed by atoms with Crippen molar-refractivity contribution < 1.29 is 23.5 Å². The van der Waals surface area contributed by atoms with E-state index in [1.54, 1.807) is 31.3 Å². The van der Waals surface area contributed by atoms with Crippen molar-refractivity contribution in [3.8, 4) is 0 Å². The normalized spacial score (nSPS) is 16.3. The van der Waals surface area contributed by atoms with Gasteiger partial charge in [-0.2, -0.15) is 0 Å². The van der Waals surface area contributed by atoms with Gasteiger partial charge in [0.25, 0.3) is 5.91 Å². The van der Waals surface area contributed by atoms with E-state index in [9.17, 15) is 18.8 Å². The molecule has 0 spiro atoms. The minimum absolute atomic E-state index is 0.0108. The molecule has 0 radical (unpaired) electrons. The Morgan fingerprint density at radius 2 is 1.84 bits per heavy atom.